The number of ether oxygens (including phenoxy) is 2. The lowest BCUT2D eigenvalue weighted by Gasteiger charge is -2.42. The number of aliphatic imine (C=N–C) groups is 1. The van der Waals surface area contributed by atoms with Crippen molar-refractivity contribution in [2.24, 2.45) is 10.7 Å². The minimum atomic E-state index is -0.879. The normalized spacial score (nSPS) is 34.1. The minimum absolute atomic E-state index is 0.347. The number of nitrogens with two attached hydrogens (primary N) is 1. The van der Waals surface area contributed by atoms with Crippen molar-refractivity contribution in [1.82, 2.24) is 5.06 Å². The van der Waals surface area contributed by atoms with Crippen LogP contribution < -0.4 is 15.9 Å². The second-order valence-electron chi connectivity index (χ2n) is 5.86. The summed E-state index contributed by atoms with van der Waals surface area (Å²) in [6.45, 7) is 1.20. The quantitative estimate of drug-likeness (QED) is 0.667. The molecule has 108 valence electrons. The van der Waals surface area contributed by atoms with Gasteiger partial charge >= 0.3 is 0 Å². The number of nitrogens with zero attached hydrogens (tertiary/aromatic N) is 2. The highest BCUT2D eigenvalue weighted by Gasteiger charge is 2.55. The molecular weight excluding hydrogens is 269 g/mol. The maximum absolute atomic E-state index is 6.20. The van der Waals surface area contributed by atoms with Crippen molar-refractivity contribution in [3.8, 4) is 5.75 Å². The van der Waals surface area contributed by atoms with E-state index in [9.17, 15) is 0 Å². The summed E-state index contributed by atoms with van der Waals surface area (Å²) in [5.41, 5.74) is 6.07. The molecule has 3 aliphatic rings. The van der Waals surface area contributed by atoms with Gasteiger partial charge in [-0.2, -0.15) is 0 Å². The summed E-state index contributed by atoms with van der Waals surface area (Å²) in [5, 5.41) is 1.49. The Morgan fingerprint density at radius 2 is 2.29 bits per heavy atom. The van der Waals surface area contributed by atoms with Gasteiger partial charge in [-0.25, -0.2) is 14.9 Å². The van der Waals surface area contributed by atoms with Crippen LogP contribution in [0.1, 0.15) is 18.4 Å². The average molecular weight is 285 g/mol. The zero-order chi connectivity index (χ0) is 14.7. The van der Waals surface area contributed by atoms with E-state index in [-0.39, 0.29) is 0 Å². The number of fused-ring (bicyclic) bond motifs is 2. The lowest BCUT2D eigenvalue weighted by Crippen LogP contribution is -2.49. The molecule has 1 aromatic rings. The molecule has 6 nitrogen and oxygen atoms in total. The Morgan fingerprint density at radius 3 is 2.95 bits per heavy atom. The fraction of sp³-hybridized carbons (Fsp3) is 0.500. The highest BCUT2D eigenvalue weighted by atomic mass is 16.7. The molecule has 3 heterocycles. The van der Waals surface area contributed by atoms with Crippen LogP contribution in [0.3, 0.4) is 0 Å². The fourth-order valence-electron chi connectivity index (χ4n) is 3.28. The lowest BCUT2D eigenvalue weighted by atomic mass is 9.81. The van der Waals surface area contributed by atoms with Gasteiger partial charge in [0.15, 0.2) is 0 Å². The highest BCUT2D eigenvalue weighted by molar-refractivity contribution is 6.32. The molecule has 2 atom stereocenters. The molecule has 0 saturated carbocycles. The summed E-state index contributed by atoms with van der Waals surface area (Å²) < 4.78 is 11.7. The fourth-order valence-corrected chi connectivity index (χ4v) is 3.28. The molecule has 0 aromatic heterocycles. The van der Waals surface area contributed by atoms with E-state index in [1.54, 1.807) is 7.05 Å². The molecule has 1 fully saturated rings. The van der Waals surface area contributed by atoms with Crippen LogP contribution in [0.5, 0.6) is 5.75 Å². The second kappa shape index (κ2) is 4.14. The van der Waals surface area contributed by atoms with Crippen LogP contribution in [0.25, 0.3) is 0 Å². The topological polar surface area (TPSA) is 69.3 Å². The first-order valence-electron chi connectivity index (χ1n) is 6.97. The number of benzene rings is 1. The molecular formula is C14H16BN3O3. The summed E-state index contributed by atoms with van der Waals surface area (Å²) in [4.78, 5) is 10.6. The van der Waals surface area contributed by atoms with E-state index in [1.165, 1.54) is 5.06 Å². The predicted octanol–water partition coefficient (Wildman–Crippen LogP) is -0.234. The zero-order valence-electron chi connectivity index (χ0n) is 11.8. The lowest BCUT2D eigenvalue weighted by molar-refractivity contribution is -0.203. The number of rotatable bonds is 0. The molecule has 0 aliphatic carbocycles. The van der Waals surface area contributed by atoms with Crippen molar-refractivity contribution in [3.05, 3.63) is 23.8 Å². The van der Waals surface area contributed by atoms with Crippen LogP contribution in [0.4, 0.5) is 0 Å². The summed E-state index contributed by atoms with van der Waals surface area (Å²) >= 11 is 0. The van der Waals surface area contributed by atoms with Crippen molar-refractivity contribution in [3.63, 3.8) is 0 Å². The molecule has 2 spiro atoms. The second-order valence-corrected chi connectivity index (χ2v) is 5.86. The molecule has 3 aliphatic heterocycles. The van der Waals surface area contributed by atoms with Crippen LogP contribution in [-0.2, 0) is 15.3 Å². The van der Waals surface area contributed by atoms with Gasteiger partial charge < -0.3 is 15.2 Å². The van der Waals surface area contributed by atoms with Gasteiger partial charge in [0.25, 0.3) is 0 Å². The van der Waals surface area contributed by atoms with Crippen LogP contribution in [0, 0.1) is 0 Å². The first-order valence-corrected chi connectivity index (χ1v) is 6.97. The van der Waals surface area contributed by atoms with E-state index >= 15 is 0 Å². The van der Waals surface area contributed by atoms with Gasteiger partial charge in [-0.05, 0) is 6.07 Å². The van der Waals surface area contributed by atoms with E-state index in [1.807, 2.05) is 18.2 Å². The molecule has 1 aromatic carbocycles. The van der Waals surface area contributed by atoms with Gasteiger partial charge in [0.05, 0.1) is 18.8 Å². The van der Waals surface area contributed by atoms with E-state index in [0.29, 0.717) is 31.1 Å². The van der Waals surface area contributed by atoms with Gasteiger partial charge in [-0.15, -0.1) is 0 Å². The predicted molar refractivity (Wildman–Crippen MR) is 77.4 cm³/mol. The van der Waals surface area contributed by atoms with E-state index in [0.717, 1.165) is 17.7 Å². The SMILES string of the molecule is [B]c1ccc2c(c1)C1(CC3(CCOC3)O2)N=C(N)N(C)O1. The smallest absolute Gasteiger partial charge is 0.222 e. The third-order valence-corrected chi connectivity index (χ3v) is 4.29. The standard InChI is InChI=1S/C14H16BN3O3/c1-18-12(16)17-14(21-18)7-13(4-5-19-8-13)20-11-3-2-9(15)6-10(11)14/h2-3,6H,4-5,7-8H2,1H3,(H2,16,17). The molecule has 2 unspecified atom stereocenters. The third kappa shape index (κ3) is 1.84. The maximum Gasteiger partial charge on any atom is 0.222 e. The monoisotopic (exact) mass is 285 g/mol. The van der Waals surface area contributed by atoms with Gasteiger partial charge in [-0.1, -0.05) is 17.6 Å². The van der Waals surface area contributed by atoms with Crippen LogP contribution in [0.2, 0.25) is 0 Å². The van der Waals surface area contributed by atoms with Crippen molar-refractivity contribution in [2.75, 3.05) is 20.3 Å². The largest absolute Gasteiger partial charge is 0.484 e. The molecule has 4 rings (SSSR count). The summed E-state index contributed by atoms with van der Waals surface area (Å²) in [6, 6.07) is 5.51. The Kier molecular flexibility index (Phi) is 2.56. The van der Waals surface area contributed by atoms with Gasteiger partial charge in [0.1, 0.15) is 19.2 Å². The summed E-state index contributed by atoms with van der Waals surface area (Å²) in [7, 11) is 7.66. The summed E-state index contributed by atoms with van der Waals surface area (Å²) in [5.74, 6) is 1.08. The third-order valence-electron chi connectivity index (χ3n) is 4.29. The van der Waals surface area contributed by atoms with Crippen molar-refractivity contribution in [1.29, 1.82) is 0 Å². The van der Waals surface area contributed by atoms with Gasteiger partial charge in [0, 0.05) is 19.9 Å². The maximum atomic E-state index is 6.20. The first-order chi connectivity index (χ1) is 10.0. The summed E-state index contributed by atoms with van der Waals surface area (Å²) in [6.07, 6.45) is 1.36. The Morgan fingerprint density at radius 1 is 1.43 bits per heavy atom. The van der Waals surface area contributed by atoms with Gasteiger partial charge in [-0.3, -0.25) is 0 Å². The van der Waals surface area contributed by atoms with E-state index < -0.39 is 11.3 Å². The molecule has 0 amide bonds. The minimum Gasteiger partial charge on any atom is -0.484 e. The number of hydrogen-bond donors (Lipinski definition) is 1. The average Bonchev–Trinajstić information content (AvgIpc) is 2.98. The Labute approximate surface area is 124 Å². The molecule has 2 radical (unpaired) electrons. The molecule has 21 heavy (non-hydrogen) atoms. The highest BCUT2D eigenvalue weighted by Crippen LogP contribution is 2.50. The molecule has 1 saturated heterocycles. The zero-order valence-corrected chi connectivity index (χ0v) is 11.8. The van der Waals surface area contributed by atoms with Crippen LogP contribution >= 0.6 is 0 Å². The van der Waals surface area contributed by atoms with Crippen molar-refractivity contribution in [2.45, 2.75) is 24.2 Å². The van der Waals surface area contributed by atoms with Gasteiger partial charge in [0.2, 0.25) is 11.7 Å². The van der Waals surface area contributed by atoms with Crippen LogP contribution in [-0.4, -0.2) is 44.7 Å². The number of hydrogen-bond acceptors (Lipinski definition) is 6. The Balaban J connectivity index is 1.87. The Bertz CT molecular complexity index is 630. The van der Waals surface area contributed by atoms with E-state index in [2.05, 4.69) is 4.99 Å². The molecule has 0 bridgehead atoms. The van der Waals surface area contributed by atoms with E-state index in [4.69, 9.17) is 27.9 Å². The van der Waals surface area contributed by atoms with Crippen LogP contribution in [0.15, 0.2) is 23.2 Å². The number of hydroxylamine groups is 2. The molecule has 2 N–H and O–H groups in total. The Hall–Kier alpha value is -1.73. The number of guanidine groups is 1. The first kappa shape index (κ1) is 13.0. The van der Waals surface area contributed by atoms with Crippen molar-refractivity contribution >= 4 is 19.3 Å². The molecule has 7 heteroatoms. The van der Waals surface area contributed by atoms with Crippen molar-refractivity contribution < 1.29 is 14.3 Å².